The predicted octanol–water partition coefficient (Wildman–Crippen LogP) is 2.61. The molecule has 7 nitrogen and oxygen atoms in total. The first-order valence-corrected chi connectivity index (χ1v) is 10.8. The number of nitrogens with two attached hydrogens (primary N) is 1. The van der Waals surface area contributed by atoms with E-state index in [0.717, 1.165) is 11.3 Å². The van der Waals surface area contributed by atoms with Crippen LogP contribution < -0.4 is 19.9 Å². The molecule has 0 spiro atoms. The standard InChI is InChI=1S/C18H20N2O5S2/c1-12(18(21)20-13-3-6-15(7-4-13)27(19,22)23)26-14-5-8-16-17(11-14)25-10-2-9-24-16/h3-8,11-12H,2,9-10H2,1H3,(H,20,21)(H2,19,22,23)/t12-/m0/s1. The van der Waals surface area contributed by atoms with E-state index in [-0.39, 0.29) is 16.1 Å². The van der Waals surface area contributed by atoms with Crippen LogP contribution in [0.1, 0.15) is 13.3 Å². The van der Waals surface area contributed by atoms with Gasteiger partial charge in [-0.2, -0.15) is 0 Å². The van der Waals surface area contributed by atoms with Crippen LogP contribution in [-0.4, -0.2) is 32.8 Å². The van der Waals surface area contributed by atoms with Crippen molar-refractivity contribution in [2.24, 2.45) is 5.14 Å². The van der Waals surface area contributed by atoms with Crippen LogP contribution in [0.4, 0.5) is 5.69 Å². The molecule has 0 bridgehead atoms. The number of rotatable bonds is 5. The second-order valence-electron chi connectivity index (χ2n) is 5.98. The van der Waals surface area contributed by atoms with E-state index in [4.69, 9.17) is 14.6 Å². The van der Waals surface area contributed by atoms with Crippen molar-refractivity contribution in [2.75, 3.05) is 18.5 Å². The van der Waals surface area contributed by atoms with Crippen LogP contribution >= 0.6 is 11.8 Å². The number of benzene rings is 2. The summed E-state index contributed by atoms with van der Waals surface area (Å²) in [5.74, 6) is 1.20. The number of hydrogen-bond acceptors (Lipinski definition) is 6. The molecule has 27 heavy (non-hydrogen) atoms. The maximum atomic E-state index is 12.4. The fourth-order valence-electron chi connectivity index (χ4n) is 2.45. The Kier molecular flexibility index (Phi) is 5.93. The molecule has 1 heterocycles. The lowest BCUT2D eigenvalue weighted by Crippen LogP contribution is -2.22. The number of amides is 1. The molecule has 2 aromatic rings. The highest BCUT2D eigenvalue weighted by atomic mass is 32.2. The Hall–Kier alpha value is -2.23. The van der Waals surface area contributed by atoms with Gasteiger partial charge in [0.05, 0.1) is 23.4 Å². The van der Waals surface area contributed by atoms with Gasteiger partial charge in [0.1, 0.15) is 0 Å². The molecule has 2 aromatic carbocycles. The third-order valence-electron chi connectivity index (χ3n) is 3.85. The monoisotopic (exact) mass is 408 g/mol. The van der Waals surface area contributed by atoms with Crippen LogP contribution in [-0.2, 0) is 14.8 Å². The van der Waals surface area contributed by atoms with E-state index in [1.165, 1.54) is 36.0 Å². The van der Waals surface area contributed by atoms with Crippen molar-refractivity contribution in [3.8, 4) is 11.5 Å². The fourth-order valence-corrected chi connectivity index (χ4v) is 3.86. The molecule has 1 aliphatic rings. The Morgan fingerprint density at radius 2 is 1.78 bits per heavy atom. The minimum absolute atomic E-state index is 0.00452. The summed E-state index contributed by atoms with van der Waals surface area (Å²) in [5, 5.41) is 7.46. The highest BCUT2D eigenvalue weighted by Gasteiger charge is 2.17. The van der Waals surface area contributed by atoms with E-state index >= 15 is 0 Å². The number of fused-ring (bicyclic) bond motifs is 1. The molecule has 0 fully saturated rings. The summed E-state index contributed by atoms with van der Waals surface area (Å²) >= 11 is 1.39. The van der Waals surface area contributed by atoms with Gasteiger partial charge in [-0.15, -0.1) is 11.8 Å². The molecule has 1 amide bonds. The maximum absolute atomic E-state index is 12.4. The average molecular weight is 409 g/mol. The van der Waals surface area contributed by atoms with E-state index in [2.05, 4.69) is 5.32 Å². The number of ether oxygens (including phenoxy) is 2. The molecule has 0 radical (unpaired) electrons. The van der Waals surface area contributed by atoms with Crippen molar-refractivity contribution < 1.29 is 22.7 Å². The third kappa shape index (κ3) is 5.15. The Morgan fingerprint density at radius 3 is 2.44 bits per heavy atom. The summed E-state index contributed by atoms with van der Waals surface area (Å²) in [6, 6.07) is 11.3. The molecule has 0 saturated carbocycles. The van der Waals surface area contributed by atoms with Crippen molar-refractivity contribution >= 4 is 33.4 Å². The summed E-state index contributed by atoms with van der Waals surface area (Å²) in [4.78, 5) is 13.3. The topological polar surface area (TPSA) is 108 Å². The van der Waals surface area contributed by atoms with Gasteiger partial charge in [-0.25, -0.2) is 13.6 Å². The molecule has 9 heteroatoms. The van der Waals surface area contributed by atoms with Crippen molar-refractivity contribution in [3.05, 3.63) is 42.5 Å². The molecular formula is C18H20N2O5S2. The maximum Gasteiger partial charge on any atom is 0.238 e. The number of hydrogen-bond donors (Lipinski definition) is 2. The van der Waals surface area contributed by atoms with Gasteiger partial charge in [0.25, 0.3) is 0 Å². The molecule has 144 valence electrons. The fraction of sp³-hybridized carbons (Fsp3) is 0.278. The highest BCUT2D eigenvalue weighted by molar-refractivity contribution is 8.00. The predicted molar refractivity (Wildman–Crippen MR) is 104 cm³/mol. The smallest absolute Gasteiger partial charge is 0.238 e. The number of sulfonamides is 1. The lowest BCUT2D eigenvalue weighted by atomic mass is 10.3. The van der Waals surface area contributed by atoms with Gasteiger partial charge in [0.15, 0.2) is 11.5 Å². The van der Waals surface area contributed by atoms with Crippen LogP contribution in [0.3, 0.4) is 0 Å². The van der Waals surface area contributed by atoms with E-state index in [9.17, 15) is 13.2 Å². The second kappa shape index (κ2) is 8.20. The SMILES string of the molecule is C[C@H](Sc1ccc2c(c1)OCCCO2)C(=O)Nc1ccc(S(N)(=O)=O)cc1. The minimum Gasteiger partial charge on any atom is -0.490 e. The largest absolute Gasteiger partial charge is 0.490 e. The third-order valence-corrected chi connectivity index (χ3v) is 5.87. The first kappa shape index (κ1) is 19.5. The number of thioether (sulfide) groups is 1. The molecule has 0 aliphatic carbocycles. The van der Waals surface area contributed by atoms with Gasteiger partial charge in [-0.3, -0.25) is 4.79 Å². The number of anilines is 1. The summed E-state index contributed by atoms with van der Waals surface area (Å²) in [7, 11) is -3.75. The van der Waals surface area contributed by atoms with Gasteiger partial charge < -0.3 is 14.8 Å². The van der Waals surface area contributed by atoms with E-state index in [1.54, 1.807) is 6.92 Å². The van der Waals surface area contributed by atoms with Crippen LogP contribution in [0.25, 0.3) is 0 Å². The molecular weight excluding hydrogens is 388 g/mol. The summed E-state index contributed by atoms with van der Waals surface area (Å²) in [6.07, 6.45) is 0.834. The van der Waals surface area contributed by atoms with Crippen LogP contribution in [0.5, 0.6) is 11.5 Å². The number of carbonyl (C=O) groups is 1. The van der Waals surface area contributed by atoms with Gasteiger partial charge in [-0.05, 0) is 49.4 Å². The zero-order chi connectivity index (χ0) is 19.4. The van der Waals surface area contributed by atoms with E-state index in [1.807, 2.05) is 18.2 Å². The normalized spacial score (nSPS) is 14.9. The Morgan fingerprint density at radius 1 is 1.11 bits per heavy atom. The van der Waals surface area contributed by atoms with Gasteiger partial charge in [-0.1, -0.05) is 0 Å². The van der Waals surface area contributed by atoms with Crippen molar-refractivity contribution in [1.29, 1.82) is 0 Å². The quantitative estimate of drug-likeness (QED) is 0.737. The van der Waals surface area contributed by atoms with E-state index < -0.39 is 10.0 Å². The van der Waals surface area contributed by atoms with Gasteiger partial charge in [0.2, 0.25) is 15.9 Å². The molecule has 3 rings (SSSR count). The lowest BCUT2D eigenvalue weighted by molar-refractivity contribution is -0.115. The molecule has 0 aromatic heterocycles. The van der Waals surface area contributed by atoms with Gasteiger partial charge in [0, 0.05) is 17.0 Å². The molecule has 1 aliphatic heterocycles. The second-order valence-corrected chi connectivity index (χ2v) is 8.95. The molecule has 0 saturated heterocycles. The summed E-state index contributed by atoms with van der Waals surface area (Å²) in [6.45, 7) is 3.02. The summed E-state index contributed by atoms with van der Waals surface area (Å²) < 4.78 is 33.8. The zero-order valence-electron chi connectivity index (χ0n) is 14.7. The van der Waals surface area contributed by atoms with Crippen molar-refractivity contribution in [3.63, 3.8) is 0 Å². The van der Waals surface area contributed by atoms with Crippen LogP contribution in [0.2, 0.25) is 0 Å². The Bertz CT molecular complexity index is 929. The van der Waals surface area contributed by atoms with Crippen molar-refractivity contribution in [1.82, 2.24) is 0 Å². The minimum atomic E-state index is -3.75. The molecule has 1 atom stereocenters. The summed E-state index contributed by atoms with van der Waals surface area (Å²) in [5.41, 5.74) is 0.499. The van der Waals surface area contributed by atoms with Crippen LogP contribution in [0.15, 0.2) is 52.3 Å². The highest BCUT2D eigenvalue weighted by Crippen LogP contribution is 2.35. The van der Waals surface area contributed by atoms with Crippen LogP contribution in [0, 0.1) is 0 Å². The molecule has 3 N–H and O–H groups in total. The Labute approximate surface area is 162 Å². The first-order valence-electron chi connectivity index (χ1n) is 8.33. The molecule has 0 unspecified atom stereocenters. The van der Waals surface area contributed by atoms with E-state index in [0.29, 0.717) is 30.4 Å². The Balaban J connectivity index is 1.63. The number of carbonyl (C=O) groups excluding carboxylic acids is 1. The number of nitrogens with one attached hydrogen (secondary N) is 1. The first-order chi connectivity index (χ1) is 12.8. The average Bonchev–Trinajstić information content (AvgIpc) is 2.86. The zero-order valence-corrected chi connectivity index (χ0v) is 16.3. The van der Waals surface area contributed by atoms with Gasteiger partial charge >= 0.3 is 0 Å². The van der Waals surface area contributed by atoms with Crippen molar-refractivity contribution in [2.45, 2.75) is 28.4 Å². The number of primary sulfonamides is 1. The lowest BCUT2D eigenvalue weighted by Gasteiger charge is -2.14.